The van der Waals surface area contributed by atoms with E-state index in [0.29, 0.717) is 17.0 Å². The number of rotatable bonds is 6. The molecule has 0 aliphatic carbocycles. The molecular weight excluding hydrogens is 335 g/mol. The number of carbonyl (C=O) groups excluding carboxylic acids is 1. The van der Waals surface area contributed by atoms with Gasteiger partial charge in [0.15, 0.2) is 0 Å². The second-order valence-electron chi connectivity index (χ2n) is 4.96. The molecule has 1 amide bonds. The largest absolute Gasteiger partial charge is 0.506 e. The van der Waals surface area contributed by atoms with E-state index in [9.17, 15) is 9.90 Å². The minimum absolute atomic E-state index is 0.127. The van der Waals surface area contributed by atoms with Crippen molar-refractivity contribution >= 4 is 35.3 Å². The summed E-state index contributed by atoms with van der Waals surface area (Å²) in [6, 6.07) is 12.9. The minimum atomic E-state index is -0.190. The molecule has 2 aromatic rings. The quantitative estimate of drug-likeness (QED) is 0.606. The van der Waals surface area contributed by atoms with E-state index in [0.717, 1.165) is 12.8 Å². The Balaban J connectivity index is 1.80. The van der Waals surface area contributed by atoms with E-state index in [4.69, 9.17) is 23.2 Å². The second-order valence-corrected chi connectivity index (χ2v) is 5.80. The van der Waals surface area contributed by atoms with E-state index < -0.39 is 0 Å². The number of aromatic hydroxyl groups is 1. The lowest BCUT2D eigenvalue weighted by Gasteiger charge is -2.03. The summed E-state index contributed by atoms with van der Waals surface area (Å²) in [5, 5.41) is 14.1. The van der Waals surface area contributed by atoms with Crippen LogP contribution in [0.15, 0.2) is 47.6 Å². The van der Waals surface area contributed by atoms with Crippen LogP contribution in [0.1, 0.15) is 24.0 Å². The zero-order valence-electron chi connectivity index (χ0n) is 12.3. The van der Waals surface area contributed by atoms with E-state index in [1.54, 1.807) is 0 Å². The van der Waals surface area contributed by atoms with Crippen LogP contribution in [-0.2, 0) is 11.2 Å². The van der Waals surface area contributed by atoms with Crippen molar-refractivity contribution in [1.29, 1.82) is 0 Å². The molecule has 0 spiro atoms. The summed E-state index contributed by atoms with van der Waals surface area (Å²) in [4.78, 5) is 11.7. The number of nitrogens with one attached hydrogen (secondary N) is 1. The number of phenolic OH excluding ortho intramolecular Hbond substituents is 1. The van der Waals surface area contributed by atoms with Gasteiger partial charge in [-0.1, -0.05) is 53.5 Å². The van der Waals surface area contributed by atoms with E-state index in [1.807, 2.05) is 30.3 Å². The lowest BCUT2D eigenvalue weighted by Crippen LogP contribution is -2.17. The van der Waals surface area contributed by atoms with Gasteiger partial charge in [0.1, 0.15) is 5.75 Å². The fourth-order valence-electron chi connectivity index (χ4n) is 2.01. The van der Waals surface area contributed by atoms with Gasteiger partial charge >= 0.3 is 0 Å². The van der Waals surface area contributed by atoms with Crippen LogP contribution in [-0.4, -0.2) is 17.2 Å². The van der Waals surface area contributed by atoms with Crippen LogP contribution < -0.4 is 5.43 Å². The molecule has 0 saturated carbocycles. The van der Waals surface area contributed by atoms with Crippen molar-refractivity contribution in [2.24, 2.45) is 5.10 Å². The Labute approximate surface area is 144 Å². The lowest BCUT2D eigenvalue weighted by atomic mass is 10.1. The molecule has 0 atom stereocenters. The highest BCUT2D eigenvalue weighted by molar-refractivity contribution is 6.36. The monoisotopic (exact) mass is 350 g/mol. The third-order valence-corrected chi connectivity index (χ3v) is 3.67. The van der Waals surface area contributed by atoms with Crippen molar-refractivity contribution in [3.8, 4) is 5.75 Å². The first-order chi connectivity index (χ1) is 11.1. The topological polar surface area (TPSA) is 61.7 Å². The smallest absolute Gasteiger partial charge is 0.240 e. The van der Waals surface area contributed by atoms with Crippen LogP contribution in [0.5, 0.6) is 5.75 Å². The molecule has 2 N–H and O–H groups in total. The van der Waals surface area contributed by atoms with Crippen molar-refractivity contribution in [2.45, 2.75) is 19.3 Å². The number of hydrogen-bond donors (Lipinski definition) is 2. The Morgan fingerprint density at radius 1 is 1.22 bits per heavy atom. The number of benzene rings is 2. The molecule has 2 aromatic carbocycles. The molecule has 120 valence electrons. The summed E-state index contributed by atoms with van der Waals surface area (Å²) in [6.07, 6.45) is 3.25. The van der Waals surface area contributed by atoms with Crippen molar-refractivity contribution < 1.29 is 9.90 Å². The highest BCUT2D eigenvalue weighted by Gasteiger charge is 2.06. The minimum Gasteiger partial charge on any atom is -0.506 e. The van der Waals surface area contributed by atoms with Gasteiger partial charge in [0, 0.05) is 17.0 Å². The standard InChI is InChI=1S/C17H16Cl2N2O2/c18-14-9-13(17(23)15(19)10-14)11-20-21-16(22)8-4-7-12-5-2-1-3-6-12/h1-3,5-6,9-11,23H,4,7-8H2,(H,21,22)/b20-11-. The van der Waals surface area contributed by atoms with Gasteiger partial charge < -0.3 is 5.11 Å². The number of hydrazone groups is 1. The van der Waals surface area contributed by atoms with Gasteiger partial charge in [-0.25, -0.2) is 5.43 Å². The van der Waals surface area contributed by atoms with Crippen molar-refractivity contribution in [2.75, 3.05) is 0 Å². The zero-order chi connectivity index (χ0) is 16.7. The normalized spacial score (nSPS) is 10.9. The summed E-state index contributed by atoms with van der Waals surface area (Å²) in [5.41, 5.74) is 3.95. The van der Waals surface area contributed by atoms with Crippen LogP contribution in [0.25, 0.3) is 0 Å². The SMILES string of the molecule is O=C(CCCc1ccccc1)N/N=C\c1cc(Cl)cc(Cl)c1O. The third kappa shape index (κ3) is 5.58. The first-order valence-corrected chi connectivity index (χ1v) is 7.85. The highest BCUT2D eigenvalue weighted by atomic mass is 35.5. The summed E-state index contributed by atoms with van der Waals surface area (Å²) in [7, 11) is 0. The number of halogens is 2. The van der Waals surface area contributed by atoms with Gasteiger partial charge in [-0.3, -0.25) is 4.79 Å². The maximum Gasteiger partial charge on any atom is 0.240 e. The number of phenols is 1. The second kappa shape index (κ2) is 8.56. The van der Waals surface area contributed by atoms with Crippen LogP contribution in [0.3, 0.4) is 0 Å². The van der Waals surface area contributed by atoms with Crippen LogP contribution >= 0.6 is 23.2 Å². The molecule has 0 aliphatic rings. The van der Waals surface area contributed by atoms with E-state index in [-0.39, 0.29) is 16.7 Å². The molecule has 6 heteroatoms. The lowest BCUT2D eigenvalue weighted by molar-refractivity contribution is -0.121. The molecule has 4 nitrogen and oxygen atoms in total. The third-order valence-electron chi connectivity index (χ3n) is 3.16. The van der Waals surface area contributed by atoms with E-state index in [2.05, 4.69) is 10.5 Å². The van der Waals surface area contributed by atoms with Crippen molar-refractivity contribution in [3.63, 3.8) is 0 Å². The first kappa shape index (κ1) is 17.3. The summed E-state index contributed by atoms with van der Waals surface area (Å²) < 4.78 is 0. The van der Waals surface area contributed by atoms with Gasteiger partial charge in [-0.05, 0) is 30.5 Å². The first-order valence-electron chi connectivity index (χ1n) is 7.10. The van der Waals surface area contributed by atoms with Gasteiger partial charge in [0.2, 0.25) is 5.91 Å². The molecule has 0 saturated heterocycles. The maximum atomic E-state index is 11.7. The molecule has 0 aromatic heterocycles. The molecule has 0 aliphatic heterocycles. The maximum absolute atomic E-state index is 11.7. The number of amides is 1. The Morgan fingerprint density at radius 2 is 1.96 bits per heavy atom. The Bertz CT molecular complexity index is 703. The number of aryl methyl sites for hydroxylation is 1. The van der Waals surface area contributed by atoms with Crippen LogP contribution in [0.2, 0.25) is 10.0 Å². The molecule has 0 unspecified atom stereocenters. The van der Waals surface area contributed by atoms with Crippen LogP contribution in [0, 0.1) is 0 Å². The molecular formula is C17H16Cl2N2O2. The van der Waals surface area contributed by atoms with Gasteiger partial charge in [0.25, 0.3) is 0 Å². The molecule has 0 heterocycles. The average Bonchev–Trinajstić information content (AvgIpc) is 2.53. The highest BCUT2D eigenvalue weighted by Crippen LogP contribution is 2.29. The average molecular weight is 351 g/mol. The Kier molecular flexibility index (Phi) is 6.44. The molecule has 23 heavy (non-hydrogen) atoms. The van der Waals surface area contributed by atoms with Crippen molar-refractivity contribution in [3.05, 3.63) is 63.6 Å². The number of hydrogen-bond acceptors (Lipinski definition) is 3. The molecule has 2 rings (SSSR count). The fourth-order valence-corrected chi connectivity index (χ4v) is 2.52. The van der Waals surface area contributed by atoms with Gasteiger partial charge in [-0.2, -0.15) is 5.10 Å². The fraction of sp³-hybridized carbons (Fsp3) is 0.176. The predicted molar refractivity (Wildman–Crippen MR) is 93.2 cm³/mol. The van der Waals surface area contributed by atoms with Crippen molar-refractivity contribution in [1.82, 2.24) is 5.43 Å². The molecule has 0 radical (unpaired) electrons. The van der Waals surface area contributed by atoms with E-state index in [1.165, 1.54) is 23.9 Å². The Hall–Kier alpha value is -2.04. The predicted octanol–water partition coefficient (Wildman–Crippen LogP) is 4.17. The van der Waals surface area contributed by atoms with Crippen LogP contribution in [0.4, 0.5) is 0 Å². The zero-order valence-corrected chi connectivity index (χ0v) is 13.8. The summed E-state index contributed by atoms with van der Waals surface area (Å²) in [5.74, 6) is -0.317. The number of nitrogens with zero attached hydrogens (tertiary/aromatic N) is 1. The van der Waals surface area contributed by atoms with E-state index >= 15 is 0 Å². The van der Waals surface area contributed by atoms with Gasteiger partial charge in [0.05, 0.1) is 11.2 Å². The summed E-state index contributed by atoms with van der Waals surface area (Å²) in [6.45, 7) is 0. The summed E-state index contributed by atoms with van der Waals surface area (Å²) >= 11 is 11.6. The number of carbonyl (C=O) groups is 1. The molecule has 0 bridgehead atoms. The Morgan fingerprint density at radius 3 is 2.70 bits per heavy atom. The molecule has 0 fully saturated rings. The van der Waals surface area contributed by atoms with Gasteiger partial charge in [-0.15, -0.1) is 0 Å².